The molecule has 0 amide bonds. The second kappa shape index (κ2) is 4.65. The number of hydrogen-bond donors (Lipinski definition) is 2. The zero-order chi connectivity index (χ0) is 13.2. The predicted molar refractivity (Wildman–Crippen MR) is 61.5 cm³/mol. The van der Waals surface area contributed by atoms with E-state index in [0.717, 1.165) is 0 Å². The summed E-state index contributed by atoms with van der Waals surface area (Å²) in [4.78, 5) is 17.9. The van der Waals surface area contributed by atoms with Crippen molar-refractivity contribution in [2.75, 3.05) is 18.9 Å². The largest absolute Gasteiger partial charge is 0.396 e. The molecule has 2 atom stereocenters. The molecule has 96 valence electrons. The summed E-state index contributed by atoms with van der Waals surface area (Å²) in [6, 6.07) is 1.47. The van der Waals surface area contributed by atoms with Crippen LogP contribution in [0.25, 0.3) is 10.4 Å². The van der Waals surface area contributed by atoms with Gasteiger partial charge in [0.15, 0.2) is 0 Å². The quantitative estimate of drug-likeness (QED) is 0.435. The van der Waals surface area contributed by atoms with Gasteiger partial charge in [0.05, 0.1) is 18.8 Å². The number of aromatic nitrogens is 2. The zero-order valence-corrected chi connectivity index (χ0v) is 9.43. The van der Waals surface area contributed by atoms with Crippen molar-refractivity contribution < 1.29 is 9.84 Å². The molecule has 0 radical (unpaired) electrons. The second-order valence-electron chi connectivity index (χ2n) is 4.08. The first-order valence-corrected chi connectivity index (χ1v) is 5.24. The maximum absolute atomic E-state index is 11.6. The van der Waals surface area contributed by atoms with Gasteiger partial charge in [-0.2, -0.15) is 4.98 Å². The summed E-state index contributed by atoms with van der Waals surface area (Å²) in [6.45, 7) is -0.292. The van der Waals surface area contributed by atoms with Crippen LogP contribution in [0.1, 0.15) is 12.6 Å². The Labute approximate surface area is 101 Å². The van der Waals surface area contributed by atoms with E-state index in [2.05, 4.69) is 15.0 Å². The molecule has 1 fully saturated rings. The van der Waals surface area contributed by atoms with Crippen LogP contribution in [-0.4, -0.2) is 33.4 Å². The molecule has 1 saturated heterocycles. The van der Waals surface area contributed by atoms with Crippen molar-refractivity contribution >= 4 is 5.82 Å². The summed E-state index contributed by atoms with van der Waals surface area (Å²) in [5.74, 6) is 0.123. The molecule has 0 saturated carbocycles. The van der Waals surface area contributed by atoms with Crippen LogP contribution in [0.5, 0.6) is 0 Å². The van der Waals surface area contributed by atoms with E-state index in [4.69, 9.17) is 16.0 Å². The molecule has 0 aromatic carbocycles. The first kappa shape index (κ1) is 12.4. The Morgan fingerprint density at radius 2 is 2.61 bits per heavy atom. The number of nitrogens with two attached hydrogens (primary N) is 1. The minimum Gasteiger partial charge on any atom is -0.396 e. The van der Waals surface area contributed by atoms with E-state index in [1.165, 1.54) is 16.8 Å². The van der Waals surface area contributed by atoms with Gasteiger partial charge in [-0.15, -0.1) is 0 Å². The van der Waals surface area contributed by atoms with E-state index in [-0.39, 0.29) is 25.5 Å². The number of azide groups is 1. The van der Waals surface area contributed by atoms with Crippen molar-refractivity contribution in [1.82, 2.24) is 9.55 Å². The number of ether oxygens (including phenoxy) is 1. The van der Waals surface area contributed by atoms with E-state index in [1.54, 1.807) is 0 Å². The number of aliphatic hydroxyl groups excluding tert-OH is 1. The number of hydrogen-bond acceptors (Lipinski definition) is 6. The van der Waals surface area contributed by atoms with Crippen LogP contribution < -0.4 is 11.4 Å². The fourth-order valence-electron chi connectivity index (χ4n) is 1.82. The minimum absolute atomic E-state index is 0.0506. The van der Waals surface area contributed by atoms with Gasteiger partial charge in [-0.05, 0) is 11.6 Å². The van der Waals surface area contributed by atoms with Crippen molar-refractivity contribution in [2.24, 2.45) is 5.11 Å². The highest BCUT2D eigenvalue weighted by molar-refractivity contribution is 5.23. The molecule has 2 heterocycles. The SMILES string of the molecule is [N-]=[N+]=N[C@@]1(CO)COC(n2ccc(N)nc2=O)C1. The number of nitrogen functional groups attached to an aromatic ring is 1. The first-order valence-electron chi connectivity index (χ1n) is 5.24. The van der Waals surface area contributed by atoms with Crippen LogP contribution in [-0.2, 0) is 4.74 Å². The van der Waals surface area contributed by atoms with Gasteiger partial charge in [-0.1, -0.05) is 5.11 Å². The van der Waals surface area contributed by atoms with Crippen LogP contribution in [0, 0.1) is 0 Å². The van der Waals surface area contributed by atoms with Crippen molar-refractivity contribution in [1.29, 1.82) is 0 Å². The molecule has 0 aliphatic carbocycles. The third-order valence-electron chi connectivity index (χ3n) is 2.81. The van der Waals surface area contributed by atoms with E-state index in [9.17, 15) is 9.90 Å². The van der Waals surface area contributed by atoms with Gasteiger partial charge in [0, 0.05) is 17.5 Å². The Morgan fingerprint density at radius 3 is 3.22 bits per heavy atom. The molecular weight excluding hydrogens is 240 g/mol. The van der Waals surface area contributed by atoms with Crippen LogP contribution >= 0.6 is 0 Å². The van der Waals surface area contributed by atoms with Gasteiger partial charge in [0.25, 0.3) is 0 Å². The Hall–Kier alpha value is -2.09. The summed E-state index contributed by atoms with van der Waals surface area (Å²) in [5, 5.41) is 12.8. The highest BCUT2D eigenvalue weighted by Crippen LogP contribution is 2.33. The van der Waals surface area contributed by atoms with Crippen LogP contribution in [0.15, 0.2) is 22.2 Å². The van der Waals surface area contributed by atoms with Crippen molar-refractivity contribution in [2.45, 2.75) is 18.2 Å². The summed E-state index contributed by atoms with van der Waals surface area (Å²) in [6.07, 6.45) is 1.04. The summed E-state index contributed by atoms with van der Waals surface area (Å²) in [5.41, 5.74) is 12.3. The Balaban J connectivity index is 2.28. The molecule has 9 heteroatoms. The molecular formula is C9H12N6O3. The molecule has 1 aliphatic heterocycles. The first-order chi connectivity index (χ1) is 8.60. The fraction of sp³-hybridized carbons (Fsp3) is 0.556. The number of aliphatic hydroxyl groups is 1. The topological polar surface area (TPSA) is 139 Å². The maximum atomic E-state index is 11.6. The second-order valence-corrected chi connectivity index (χ2v) is 4.08. The standard InChI is InChI=1S/C9H12N6O3/c10-6-1-2-15(8(17)12-6)7-3-9(4-16,5-18-7)13-14-11/h1-2,7,16H,3-5H2,(H2,10,12,17)/t7?,9-/m0/s1. The van der Waals surface area contributed by atoms with E-state index >= 15 is 0 Å². The smallest absolute Gasteiger partial charge is 0.351 e. The van der Waals surface area contributed by atoms with Crippen molar-refractivity contribution in [3.05, 3.63) is 33.2 Å². The lowest BCUT2D eigenvalue weighted by Crippen LogP contribution is -2.32. The molecule has 18 heavy (non-hydrogen) atoms. The normalized spacial score (nSPS) is 26.8. The number of anilines is 1. The van der Waals surface area contributed by atoms with Gasteiger partial charge >= 0.3 is 5.69 Å². The number of rotatable bonds is 3. The third kappa shape index (κ3) is 2.14. The molecule has 9 nitrogen and oxygen atoms in total. The third-order valence-corrected chi connectivity index (χ3v) is 2.81. The molecule has 0 spiro atoms. The summed E-state index contributed by atoms with van der Waals surface area (Å²) >= 11 is 0. The van der Waals surface area contributed by atoms with Gasteiger partial charge in [0.1, 0.15) is 12.0 Å². The van der Waals surface area contributed by atoms with Gasteiger partial charge in [-0.25, -0.2) is 4.79 Å². The van der Waals surface area contributed by atoms with Gasteiger partial charge in [0.2, 0.25) is 0 Å². The number of nitrogens with zero attached hydrogens (tertiary/aromatic N) is 5. The van der Waals surface area contributed by atoms with Gasteiger partial charge < -0.3 is 15.6 Å². The molecule has 3 N–H and O–H groups in total. The van der Waals surface area contributed by atoms with Crippen LogP contribution in [0.3, 0.4) is 0 Å². The highest BCUT2D eigenvalue weighted by Gasteiger charge is 2.40. The summed E-state index contributed by atoms with van der Waals surface area (Å²) < 4.78 is 6.63. The maximum Gasteiger partial charge on any atom is 0.351 e. The fourth-order valence-corrected chi connectivity index (χ4v) is 1.82. The zero-order valence-electron chi connectivity index (χ0n) is 9.43. The molecule has 0 bridgehead atoms. The van der Waals surface area contributed by atoms with E-state index < -0.39 is 17.5 Å². The summed E-state index contributed by atoms with van der Waals surface area (Å²) in [7, 11) is 0. The highest BCUT2D eigenvalue weighted by atomic mass is 16.5. The average molecular weight is 252 g/mol. The Kier molecular flexibility index (Phi) is 3.19. The molecule has 2 rings (SSSR count). The Morgan fingerprint density at radius 1 is 1.83 bits per heavy atom. The predicted octanol–water partition coefficient (Wildman–Crippen LogP) is -0.214. The average Bonchev–Trinajstić information content (AvgIpc) is 2.74. The monoisotopic (exact) mass is 252 g/mol. The van der Waals surface area contributed by atoms with E-state index in [0.29, 0.717) is 0 Å². The lowest BCUT2D eigenvalue weighted by Gasteiger charge is -2.17. The Bertz CT molecular complexity index is 551. The van der Waals surface area contributed by atoms with Crippen LogP contribution in [0.4, 0.5) is 5.82 Å². The van der Waals surface area contributed by atoms with Crippen molar-refractivity contribution in [3.63, 3.8) is 0 Å². The lowest BCUT2D eigenvalue weighted by molar-refractivity contribution is 0.0473. The van der Waals surface area contributed by atoms with Crippen LogP contribution in [0.2, 0.25) is 0 Å². The molecule has 1 unspecified atom stereocenters. The lowest BCUT2D eigenvalue weighted by atomic mass is 10.0. The molecule has 1 aromatic rings. The minimum atomic E-state index is -1.03. The molecule has 1 aliphatic rings. The molecule has 1 aromatic heterocycles. The van der Waals surface area contributed by atoms with E-state index in [1.807, 2.05) is 0 Å². The van der Waals surface area contributed by atoms with Gasteiger partial charge in [-0.3, -0.25) is 4.57 Å². The van der Waals surface area contributed by atoms with Crippen molar-refractivity contribution in [3.8, 4) is 0 Å².